The van der Waals surface area contributed by atoms with E-state index >= 15 is 0 Å². The Morgan fingerprint density at radius 1 is 1.14 bits per heavy atom. The summed E-state index contributed by atoms with van der Waals surface area (Å²) in [4.78, 5) is 10.1. The van der Waals surface area contributed by atoms with Crippen molar-refractivity contribution in [2.75, 3.05) is 5.32 Å². The lowest BCUT2D eigenvalue weighted by Crippen LogP contribution is -2.18. The molecule has 0 fully saturated rings. The Morgan fingerprint density at radius 3 is 2.86 bits per heavy atom. The van der Waals surface area contributed by atoms with Crippen LogP contribution in [0.4, 0.5) is 5.82 Å². The first-order chi connectivity index (χ1) is 13.7. The van der Waals surface area contributed by atoms with Gasteiger partial charge in [-0.3, -0.25) is 0 Å². The maximum Gasteiger partial charge on any atom is 0.155 e. The molecule has 1 N–H and O–H groups in total. The van der Waals surface area contributed by atoms with Crippen LogP contribution < -0.4 is 5.32 Å². The van der Waals surface area contributed by atoms with E-state index in [1.807, 2.05) is 24.3 Å². The van der Waals surface area contributed by atoms with E-state index in [0.717, 1.165) is 56.1 Å². The first-order valence-corrected chi connectivity index (χ1v) is 10.6. The number of anilines is 1. The number of benzene rings is 1. The second-order valence-corrected chi connectivity index (χ2v) is 8.49. The number of halogens is 1. The Labute approximate surface area is 171 Å². The van der Waals surface area contributed by atoms with E-state index in [9.17, 15) is 0 Å². The van der Waals surface area contributed by atoms with Crippen molar-refractivity contribution in [3.8, 4) is 10.4 Å². The van der Waals surface area contributed by atoms with E-state index in [2.05, 4.69) is 43.0 Å². The van der Waals surface area contributed by atoms with Crippen molar-refractivity contribution >= 4 is 39.0 Å². The minimum Gasteiger partial charge on any atom is -0.359 e. The highest BCUT2D eigenvalue weighted by atomic mass is 35.5. The van der Waals surface area contributed by atoms with E-state index in [1.54, 1.807) is 17.7 Å². The topological polar surface area (TPSA) is 68.5 Å². The summed E-state index contributed by atoms with van der Waals surface area (Å²) in [6.45, 7) is 3.09. The van der Waals surface area contributed by atoms with Gasteiger partial charge in [0.15, 0.2) is 5.82 Å². The van der Waals surface area contributed by atoms with Crippen molar-refractivity contribution in [2.45, 2.75) is 38.8 Å². The lowest BCUT2D eigenvalue weighted by Gasteiger charge is -2.19. The van der Waals surface area contributed by atoms with Crippen LogP contribution >= 0.6 is 22.9 Å². The molecule has 0 spiro atoms. The van der Waals surface area contributed by atoms with Crippen molar-refractivity contribution in [3.05, 3.63) is 53.3 Å². The van der Waals surface area contributed by atoms with Gasteiger partial charge in [0.2, 0.25) is 0 Å². The molecule has 4 heterocycles. The molecule has 0 bridgehead atoms. The number of nitrogens with zero attached hydrogens (tertiary/aromatic N) is 5. The molecular formula is C20H19ClN6S. The zero-order chi connectivity index (χ0) is 19.1. The number of hydrogen-bond acceptors (Lipinski definition) is 6. The average molecular weight is 411 g/mol. The van der Waals surface area contributed by atoms with Crippen molar-refractivity contribution in [1.29, 1.82) is 0 Å². The van der Waals surface area contributed by atoms with E-state index in [-0.39, 0.29) is 6.04 Å². The molecule has 1 aliphatic heterocycles. The fourth-order valence-electron chi connectivity index (χ4n) is 3.63. The first-order valence-electron chi connectivity index (χ1n) is 9.38. The molecule has 1 unspecified atom stereocenters. The Morgan fingerprint density at radius 2 is 2.00 bits per heavy atom. The van der Waals surface area contributed by atoms with E-state index in [4.69, 9.17) is 11.6 Å². The lowest BCUT2D eigenvalue weighted by atomic mass is 10.1. The maximum atomic E-state index is 6.02. The molecule has 1 aromatic carbocycles. The van der Waals surface area contributed by atoms with Gasteiger partial charge in [0.1, 0.15) is 18.0 Å². The van der Waals surface area contributed by atoms with Crippen molar-refractivity contribution in [2.24, 2.45) is 0 Å². The third-order valence-corrected chi connectivity index (χ3v) is 6.50. The van der Waals surface area contributed by atoms with Gasteiger partial charge in [0.05, 0.1) is 16.3 Å². The molecule has 6 nitrogen and oxygen atoms in total. The minimum absolute atomic E-state index is 0.0125. The van der Waals surface area contributed by atoms with Gasteiger partial charge in [-0.05, 0) is 43.5 Å². The Balaban J connectivity index is 1.47. The molecule has 1 aliphatic rings. The van der Waals surface area contributed by atoms with Crippen LogP contribution in [0.1, 0.15) is 37.5 Å². The predicted octanol–water partition coefficient (Wildman–Crippen LogP) is 5.11. The van der Waals surface area contributed by atoms with Gasteiger partial charge in [-0.15, -0.1) is 21.5 Å². The van der Waals surface area contributed by atoms with Gasteiger partial charge >= 0.3 is 0 Å². The standard InChI is InChI=1S/C20H19ClN6S/c1-12(20-26-25-17-4-2-3-9-27(17)20)24-19-18-15(22-11-23-19)10-16(28-18)13-5-7-14(21)8-6-13/h5-8,10-12H,2-4,9H2,1H3,(H,22,23,24). The van der Waals surface area contributed by atoms with E-state index < -0.39 is 0 Å². The van der Waals surface area contributed by atoms with Crippen LogP contribution in [0.5, 0.6) is 0 Å². The second kappa shape index (κ2) is 7.14. The third kappa shape index (κ3) is 3.14. The molecule has 0 saturated heterocycles. The second-order valence-electron chi connectivity index (χ2n) is 7.00. The van der Waals surface area contributed by atoms with Gasteiger partial charge in [0.25, 0.3) is 0 Å². The predicted molar refractivity (Wildman–Crippen MR) is 113 cm³/mol. The monoisotopic (exact) mass is 410 g/mol. The Bertz CT molecular complexity index is 1130. The normalized spacial score (nSPS) is 14.8. The molecule has 8 heteroatoms. The van der Waals surface area contributed by atoms with Crippen LogP contribution in [-0.2, 0) is 13.0 Å². The summed E-state index contributed by atoms with van der Waals surface area (Å²) in [5.41, 5.74) is 2.06. The molecule has 3 aromatic heterocycles. The smallest absolute Gasteiger partial charge is 0.155 e. The highest BCUT2D eigenvalue weighted by Gasteiger charge is 2.21. The van der Waals surface area contributed by atoms with Gasteiger partial charge in [-0.25, -0.2) is 9.97 Å². The van der Waals surface area contributed by atoms with Crippen molar-refractivity contribution in [1.82, 2.24) is 24.7 Å². The third-order valence-electron chi connectivity index (χ3n) is 5.07. The van der Waals surface area contributed by atoms with Crippen molar-refractivity contribution in [3.63, 3.8) is 0 Å². The highest BCUT2D eigenvalue weighted by Crippen LogP contribution is 2.37. The lowest BCUT2D eigenvalue weighted by molar-refractivity contribution is 0.500. The van der Waals surface area contributed by atoms with Crippen LogP contribution in [0.25, 0.3) is 20.7 Å². The summed E-state index contributed by atoms with van der Waals surface area (Å²) >= 11 is 7.70. The zero-order valence-electron chi connectivity index (χ0n) is 15.4. The van der Waals surface area contributed by atoms with Gasteiger partial charge in [-0.1, -0.05) is 23.7 Å². The largest absolute Gasteiger partial charge is 0.359 e. The van der Waals surface area contributed by atoms with E-state index in [0.29, 0.717) is 0 Å². The van der Waals surface area contributed by atoms with Crippen LogP contribution in [0, 0.1) is 0 Å². The van der Waals surface area contributed by atoms with Crippen LogP contribution in [0.15, 0.2) is 36.7 Å². The number of thiophene rings is 1. The molecule has 0 radical (unpaired) electrons. The molecule has 0 aliphatic carbocycles. The number of aromatic nitrogens is 5. The van der Waals surface area contributed by atoms with Gasteiger partial charge in [-0.2, -0.15) is 0 Å². The van der Waals surface area contributed by atoms with Gasteiger partial charge in [0, 0.05) is 22.9 Å². The SMILES string of the molecule is CC(Nc1ncnc2cc(-c3ccc(Cl)cc3)sc12)c1nnc2n1CCCC2. The summed E-state index contributed by atoms with van der Waals surface area (Å²) in [6, 6.07) is 9.97. The summed E-state index contributed by atoms with van der Waals surface area (Å²) in [5.74, 6) is 2.88. The number of rotatable bonds is 4. The summed E-state index contributed by atoms with van der Waals surface area (Å²) in [7, 11) is 0. The van der Waals surface area contributed by atoms with Crippen LogP contribution in [0.2, 0.25) is 5.02 Å². The first kappa shape index (κ1) is 17.6. The highest BCUT2D eigenvalue weighted by molar-refractivity contribution is 7.22. The Hall–Kier alpha value is -2.51. The fraction of sp³-hybridized carbons (Fsp3) is 0.300. The molecular weight excluding hydrogens is 392 g/mol. The Kier molecular flexibility index (Phi) is 4.49. The van der Waals surface area contributed by atoms with Crippen LogP contribution in [-0.4, -0.2) is 24.7 Å². The molecule has 5 rings (SSSR count). The fourth-order valence-corrected chi connectivity index (χ4v) is 4.83. The summed E-state index contributed by atoms with van der Waals surface area (Å²) in [5, 5.41) is 13.1. The number of aryl methyl sites for hydroxylation is 1. The van der Waals surface area contributed by atoms with Gasteiger partial charge < -0.3 is 9.88 Å². The summed E-state index contributed by atoms with van der Waals surface area (Å²) in [6.07, 6.45) is 4.98. The number of fused-ring (bicyclic) bond motifs is 2. The maximum absolute atomic E-state index is 6.02. The molecule has 0 saturated carbocycles. The van der Waals surface area contributed by atoms with Crippen molar-refractivity contribution < 1.29 is 0 Å². The molecule has 28 heavy (non-hydrogen) atoms. The van der Waals surface area contributed by atoms with Crippen LogP contribution in [0.3, 0.4) is 0 Å². The molecule has 4 aromatic rings. The van der Waals surface area contributed by atoms with E-state index in [1.165, 1.54) is 12.8 Å². The zero-order valence-corrected chi connectivity index (χ0v) is 17.0. The molecule has 0 amide bonds. The average Bonchev–Trinajstić information content (AvgIpc) is 3.33. The minimum atomic E-state index is 0.0125. The molecule has 1 atom stereocenters. The number of nitrogens with one attached hydrogen (secondary N) is 1. The number of hydrogen-bond donors (Lipinski definition) is 1. The summed E-state index contributed by atoms with van der Waals surface area (Å²) < 4.78 is 3.28. The molecule has 142 valence electrons. The quantitative estimate of drug-likeness (QED) is 0.506.